The number of hydrogen-bond acceptors (Lipinski definition) is 3. The fraction of sp³-hybridized carbons (Fsp3) is 0.533. The van der Waals surface area contributed by atoms with Crippen molar-refractivity contribution in [3.8, 4) is 5.75 Å². The topological polar surface area (TPSA) is 44.1 Å². The second kappa shape index (κ2) is 7.80. The predicted octanol–water partition coefficient (Wildman–Crippen LogP) is 2.98. The summed E-state index contributed by atoms with van der Waals surface area (Å²) in [5.74, 6) is 3.56. The van der Waals surface area contributed by atoms with Gasteiger partial charge in [-0.05, 0) is 19.1 Å². The van der Waals surface area contributed by atoms with Crippen molar-refractivity contribution in [3.05, 3.63) is 24.0 Å². The van der Waals surface area contributed by atoms with Crippen LogP contribution in [0.4, 0.5) is 0 Å². The molecule has 1 heterocycles. The van der Waals surface area contributed by atoms with Gasteiger partial charge in [0.2, 0.25) is 0 Å². The Bertz CT molecular complexity index is 627. The zero-order chi connectivity index (χ0) is 15.2. The van der Waals surface area contributed by atoms with E-state index in [4.69, 9.17) is 16.3 Å². The molecule has 0 aliphatic carbocycles. The summed E-state index contributed by atoms with van der Waals surface area (Å²) in [6.07, 6.45) is 0.695. The lowest BCUT2D eigenvalue weighted by Gasteiger charge is -2.08. The van der Waals surface area contributed by atoms with Gasteiger partial charge in [0.05, 0.1) is 12.1 Å². The van der Waals surface area contributed by atoms with E-state index in [1.165, 1.54) is 0 Å². The fourth-order valence-corrected chi connectivity index (χ4v) is 3.15. The Balaban J connectivity index is 2.42. The van der Waals surface area contributed by atoms with Crippen molar-refractivity contribution in [2.45, 2.75) is 26.8 Å². The molecule has 0 spiro atoms. The lowest BCUT2D eigenvalue weighted by Crippen LogP contribution is -2.12. The zero-order valence-corrected chi connectivity index (χ0v) is 14.0. The molecule has 0 bridgehead atoms. The number of para-hydroxylation sites is 1. The van der Waals surface area contributed by atoms with Gasteiger partial charge in [-0.1, -0.05) is 13.0 Å². The van der Waals surface area contributed by atoms with Crippen LogP contribution < -0.4 is 4.74 Å². The standard InChI is InChI=1S/C15H21ClN2O2S/c1-3-20-13-7-5-6-12-15(13)17-14(8-9-16)18(12)10-11-21(19)4-2/h5-7H,3-4,8-11H2,1-2H3. The van der Waals surface area contributed by atoms with Crippen molar-refractivity contribution in [1.29, 1.82) is 0 Å². The molecular formula is C15H21ClN2O2S. The summed E-state index contributed by atoms with van der Waals surface area (Å²) in [4.78, 5) is 4.68. The molecule has 0 aliphatic rings. The van der Waals surface area contributed by atoms with Gasteiger partial charge in [-0.3, -0.25) is 4.21 Å². The first-order valence-corrected chi connectivity index (χ1v) is 9.25. The molecule has 1 aromatic carbocycles. The van der Waals surface area contributed by atoms with Gasteiger partial charge in [0.1, 0.15) is 17.1 Å². The van der Waals surface area contributed by atoms with Crippen molar-refractivity contribution in [2.24, 2.45) is 0 Å². The first kappa shape index (κ1) is 16.3. The minimum absolute atomic E-state index is 0.518. The van der Waals surface area contributed by atoms with Gasteiger partial charge in [0.15, 0.2) is 0 Å². The molecule has 1 unspecified atom stereocenters. The van der Waals surface area contributed by atoms with E-state index < -0.39 is 10.8 Å². The molecule has 0 saturated carbocycles. The van der Waals surface area contributed by atoms with Crippen LogP contribution in [0.25, 0.3) is 11.0 Å². The van der Waals surface area contributed by atoms with Crippen LogP contribution in [0.15, 0.2) is 18.2 Å². The van der Waals surface area contributed by atoms with Gasteiger partial charge in [-0.2, -0.15) is 0 Å². The second-order valence-corrected chi connectivity index (χ2v) is 6.85. The van der Waals surface area contributed by atoms with Crippen LogP contribution in [0.3, 0.4) is 0 Å². The Morgan fingerprint density at radius 3 is 2.86 bits per heavy atom. The number of nitrogens with zero attached hydrogens (tertiary/aromatic N) is 2. The van der Waals surface area contributed by atoms with Crippen LogP contribution in [0.1, 0.15) is 19.7 Å². The van der Waals surface area contributed by atoms with E-state index in [0.717, 1.165) is 22.6 Å². The minimum Gasteiger partial charge on any atom is -0.492 e. The van der Waals surface area contributed by atoms with Crippen molar-refractivity contribution in [2.75, 3.05) is 24.0 Å². The smallest absolute Gasteiger partial charge is 0.147 e. The minimum atomic E-state index is -0.788. The van der Waals surface area contributed by atoms with Gasteiger partial charge in [0.25, 0.3) is 0 Å². The monoisotopic (exact) mass is 328 g/mol. The summed E-state index contributed by atoms with van der Waals surface area (Å²) in [7, 11) is -0.788. The van der Waals surface area contributed by atoms with Crippen LogP contribution in [0.2, 0.25) is 0 Å². The van der Waals surface area contributed by atoms with Crippen LogP contribution in [-0.2, 0) is 23.8 Å². The van der Waals surface area contributed by atoms with Gasteiger partial charge in [-0.15, -0.1) is 11.6 Å². The Kier molecular flexibility index (Phi) is 6.06. The van der Waals surface area contributed by atoms with E-state index >= 15 is 0 Å². The highest BCUT2D eigenvalue weighted by atomic mass is 35.5. The quantitative estimate of drug-likeness (QED) is 0.700. The molecule has 0 aliphatic heterocycles. The van der Waals surface area contributed by atoms with Crippen LogP contribution in [-0.4, -0.2) is 37.8 Å². The summed E-state index contributed by atoms with van der Waals surface area (Å²) < 4.78 is 19.5. The molecule has 1 aromatic heterocycles. The van der Waals surface area contributed by atoms with Gasteiger partial charge in [0, 0.05) is 41.2 Å². The number of imidazole rings is 1. The number of aryl methyl sites for hydroxylation is 2. The molecule has 0 amide bonds. The number of halogens is 1. The van der Waals surface area contributed by atoms with Crippen molar-refractivity contribution in [3.63, 3.8) is 0 Å². The van der Waals surface area contributed by atoms with Crippen LogP contribution in [0, 0.1) is 0 Å². The predicted molar refractivity (Wildman–Crippen MR) is 88.9 cm³/mol. The van der Waals surface area contributed by atoms with Crippen molar-refractivity contribution >= 4 is 33.4 Å². The molecule has 4 nitrogen and oxygen atoms in total. The molecule has 0 saturated heterocycles. The Labute approximate surface area is 132 Å². The van der Waals surface area contributed by atoms with E-state index in [1.807, 2.05) is 32.0 Å². The van der Waals surface area contributed by atoms with Gasteiger partial charge < -0.3 is 9.30 Å². The third kappa shape index (κ3) is 3.77. The van der Waals surface area contributed by atoms with Crippen molar-refractivity contribution < 1.29 is 8.95 Å². The lowest BCUT2D eigenvalue weighted by atomic mass is 10.3. The molecule has 2 aromatic rings. The molecule has 2 rings (SSSR count). The third-order valence-electron chi connectivity index (χ3n) is 3.30. The lowest BCUT2D eigenvalue weighted by molar-refractivity contribution is 0.343. The Hall–Kier alpha value is -1.07. The number of aromatic nitrogens is 2. The average molecular weight is 329 g/mol. The Morgan fingerprint density at radius 2 is 2.19 bits per heavy atom. The maximum atomic E-state index is 11.7. The maximum absolute atomic E-state index is 11.7. The van der Waals surface area contributed by atoms with E-state index in [9.17, 15) is 4.21 Å². The second-order valence-electron chi connectivity index (χ2n) is 4.61. The SMILES string of the molecule is CCOc1cccc2c1nc(CCCl)n2CCS(=O)CC. The van der Waals surface area contributed by atoms with Crippen LogP contribution in [0.5, 0.6) is 5.75 Å². The molecule has 1 atom stereocenters. The average Bonchev–Trinajstić information content (AvgIpc) is 2.84. The summed E-state index contributed by atoms with van der Waals surface area (Å²) in [5.41, 5.74) is 1.89. The number of hydrogen-bond donors (Lipinski definition) is 0. The molecule has 0 N–H and O–H groups in total. The van der Waals surface area contributed by atoms with Gasteiger partial charge in [-0.25, -0.2) is 4.98 Å². The first-order chi connectivity index (χ1) is 10.2. The number of rotatable bonds is 8. The number of ether oxygens (including phenoxy) is 1. The normalized spacial score (nSPS) is 12.7. The van der Waals surface area contributed by atoms with E-state index in [-0.39, 0.29) is 0 Å². The highest BCUT2D eigenvalue weighted by Gasteiger charge is 2.14. The summed E-state index contributed by atoms with van der Waals surface area (Å²) in [6, 6.07) is 5.92. The third-order valence-corrected chi connectivity index (χ3v) is 4.77. The maximum Gasteiger partial charge on any atom is 0.147 e. The molecular weight excluding hydrogens is 308 g/mol. The number of benzene rings is 1. The highest BCUT2D eigenvalue weighted by molar-refractivity contribution is 7.84. The molecule has 6 heteroatoms. The Morgan fingerprint density at radius 1 is 1.38 bits per heavy atom. The number of fused-ring (bicyclic) bond motifs is 1. The molecule has 0 fully saturated rings. The molecule has 0 radical (unpaired) electrons. The van der Waals surface area contributed by atoms with Crippen molar-refractivity contribution in [1.82, 2.24) is 9.55 Å². The summed E-state index contributed by atoms with van der Waals surface area (Å²) in [5, 5.41) is 0. The fourth-order valence-electron chi connectivity index (χ4n) is 2.30. The highest BCUT2D eigenvalue weighted by Crippen LogP contribution is 2.26. The van der Waals surface area contributed by atoms with E-state index in [2.05, 4.69) is 9.55 Å². The van der Waals surface area contributed by atoms with E-state index in [1.54, 1.807) is 0 Å². The summed E-state index contributed by atoms with van der Waals surface area (Å²) >= 11 is 5.88. The summed E-state index contributed by atoms with van der Waals surface area (Å²) in [6.45, 7) is 5.20. The molecule has 21 heavy (non-hydrogen) atoms. The van der Waals surface area contributed by atoms with Gasteiger partial charge >= 0.3 is 0 Å². The van der Waals surface area contributed by atoms with Crippen LogP contribution >= 0.6 is 11.6 Å². The first-order valence-electron chi connectivity index (χ1n) is 7.23. The molecule has 116 valence electrons. The zero-order valence-electron chi connectivity index (χ0n) is 12.5. The van der Waals surface area contributed by atoms with E-state index in [0.29, 0.717) is 37.0 Å². The largest absolute Gasteiger partial charge is 0.492 e. The number of alkyl halides is 1.